The van der Waals surface area contributed by atoms with Gasteiger partial charge in [0.1, 0.15) is 0 Å². The number of H-pyrrole nitrogens is 1. The van der Waals surface area contributed by atoms with Gasteiger partial charge >= 0.3 is 5.69 Å². The topological polar surface area (TPSA) is 58.1 Å². The highest BCUT2D eigenvalue weighted by atomic mass is 16.2. The molecule has 0 aliphatic rings. The number of aromatic nitrogens is 2. The number of likely N-dealkylation sites (N-methyl/N-ethyl adjacent to an activating group) is 1. The summed E-state index contributed by atoms with van der Waals surface area (Å²) in [4.78, 5) is 26.0. The van der Waals surface area contributed by atoms with Gasteiger partial charge in [-0.25, -0.2) is 4.79 Å². The SMILES string of the molecule is CN(C)CCn1ccc(=O)[nH]c1=O. The average molecular weight is 183 g/mol. The molecule has 0 saturated carbocycles. The van der Waals surface area contributed by atoms with Crippen LogP contribution in [0, 0.1) is 0 Å². The van der Waals surface area contributed by atoms with E-state index >= 15 is 0 Å². The molecule has 0 unspecified atom stereocenters. The highest BCUT2D eigenvalue weighted by molar-refractivity contribution is 4.82. The van der Waals surface area contributed by atoms with Crippen LogP contribution in [-0.2, 0) is 6.54 Å². The molecule has 1 aromatic rings. The second kappa shape index (κ2) is 4.04. The van der Waals surface area contributed by atoms with Gasteiger partial charge < -0.3 is 4.90 Å². The fourth-order valence-electron chi connectivity index (χ4n) is 0.928. The predicted octanol–water partition coefficient (Wildman–Crippen LogP) is -0.902. The summed E-state index contributed by atoms with van der Waals surface area (Å²) < 4.78 is 1.47. The zero-order valence-electron chi connectivity index (χ0n) is 7.78. The standard InChI is InChI=1S/C8H13N3O2/c1-10(2)5-6-11-4-3-7(12)9-8(11)13/h3-4H,5-6H2,1-2H3,(H,9,12,13). The molecule has 72 valence electrons. The largest absolute Gasteiger partial charge is 0.328 e. The van der Waals surface area contributed by atoms with E-state index in [0.717, 1.165) is 6.54 Å². The average Bonchev–Trinajstić information content (AvgIpc) is 2.02. The maximum Gasteiger partial charge on any atom is 0.328 e. The van der Waals surface area contributed by atoms with Crippen LogP contribution in [0.4, 0.5) is 0 Å². The van der Waals surface area contributed by atoms with Gasteiger partial charge in [0.15, 0.2) is 0 Å². The van der Waals surface area contributed by atoms with Crippen LogP contribution in [0.25, 0.3) is 0 Å². The number of aromatic amines is 1. The minimum Gasteiger partial charge on any atom is -0.308 e. The van der Waals surface area contributed by atoms with Gasteiger partial charge in [-0.15, -0.1) is 0 Å². The molecule has 13 heavy (non-hydrogen) atoms. The van der Waals surface area contributed by atoms with E-state index in [2.05, 4.69) is 4.98 Å². The van der Waals surface area contributed by atoms with E-state index in [1.807, 2.05) is 19.0 Å². The number of nitrogens with one attached hydrogen (secondary N) is 1. The molecule has 0 aliphatic carbocycles. The Hall–Kier alpha value is -1.36. The molecule has 0 atom stereocenters. The van der Waals surface area contributed by atoms with Crippen LogP contribution in [0.15, 0.2) is 21.9 Å². The van der Waals surface area contributed by atoms with Crippen molar-refractivity contribution in [1.82, 2.24) is 14.5 Å². The highest BCUT2D eigenvalue weighted by Gasteiger charge is 1.96. The van der Waals surface area contributed by atoms with E-state index in [1.165, 1.54) is 16.8 Å². The van der Waals surface area contributed by atoms with Gasteiger partial charge in [0, 0.05) is 25.4 Å². The molecule has 0 fully saturated rings. The van der Waals surface area contributed by atoms with Gasteiger partial charge in [0.05, 0.1) is 0 Å². The molecule has 1 heterocycles. The summed E-state index contributed by atoms with van der Waals surface area (Å²) in [5.41, 5.74) is -0.708. The first kappa shape index (κ1) is 9.73. The summed E-state index contributed by atoms with van der Waals surface area (Å²) in [6, 6.07) is 1.34. The Morgan fingerprint density at radius 3 is 2.69 bits per heavy atom. The minimum absolute atomic E-state index is 0.352. The monoisotopic (exact) mass is 183 g/mol. The lowest BCUT2D eigenvalue weighted by molar-refractivity contribution is 0.379. The van der Waals surface area contributed by atoms with E-state index in [1.54, 1.807) is 0 Å². The van der Waals surface area contributed by atoms with Crippen molar-refractivity contribution in [1.29, 1.82) is 0 Å². The lowest BCUT2D eigenvalue weighted by Gasteiger charge is -2.09. The molecule has 5 heteroatoms. The van der Waals surface area contributed by atoms with Crippen molar-refractivity contribution in [2.75, 3.05) is 20.6 Å². The van der Waals surface area contributed by atoms with Crippen LogP contribution in [0.5, 0.6) is 0 Å². The van der Waals surface area contributed by atoms with Crippen molar-refractivity contribution < 1.29 is 0 Å². The normalized spacial score (nSPS) is 10.7. The maximum atomic E-state index is 11.1. The van der Waals surface area contributed by atoms with E-state index in [9.17, 15) is 9.59 Å². The molecular formula is C8H13N3O2. The molecule has 0 bridgehead atoms. The Morgan fingerprint density at radius 2 is 2.15 bits per heavy atom. The summed E-state index contributed by atoms with van der Waals surface area (Å²) in [7, 11) is 3.85. The van der Waals surface area contributed by atoms with Gasteiger partial charge in [-0.05, 0) is 14.1 Å². The number of hydrogen-bond acceptors (Lipinski definition) is 3. The Bertz CT molecular complexity index is 377. The maximum absolute atomic E-state index is 11.1. The zero-order valence-corrected chi connectivity index (χ0v) is 7.78. The first-order valence-corrected chi connectivity index (χ1v) is 4.04. The van der Waals surface area contributed by atoms with E-state index in [4.69, 9.17) is 0 Å². The molecule has 0 saturated heterocycles. The molecule has 1 rings (SSSR count). The number of nitrogens with zero attached hydrogens (tertiary/aromatic N) is 2. The molecular weight excluding hydrogens is 170 g/mol. The van der Waals surface area contributed by atoms with Crippen LogP contribution in [0.1, 0.15) is 0 Å². The van der Waals surface area contributed by atoms with E-state index < -0.39 is 0 Å². The molecule has 0 spiro atoms. The third-order valence-electron chi connectivity index (χ3n) is 1.68. The first-order valence-electron chi connectivity index (χ1n) is 4.04. The third kappa shape index (κ3) is 2.87. The fraction of sp³-hybridized carbons (Fsp3) is 0.500. The summed E-state index contributed by atoms with van der Waals surface area (Å²) in [5, 5.41) is 0. The van der Waals surface area contributed by atoms with Crippen LogP contribution in [0.2, 0.25) is 0 Å². The molecule has 1 N–H and O–H groups in total. The predicted molar refractivity (Wildman–Crippen MR) is 49.9 cm³/mol. The Balaban J connectivity index is 2.79. The Morgan fingerprint density at radius 1 is 1.46 bits per heavy atom. The third-order valence-corrected chi connectivity index (χ3v) is 1.68. The second-order valence-corrected chi connectivity index (χ2v) is 3.11. The fourth-order valence-corrected chi connectivity index (χ4v) is 0.928. The van der Waals surface area contributed by atoms with Gasteiger partial charge in [0.2, 0.25) is 0 Å². The van der Waals surface area contributed by atoms with E-state index in [0.29, 0.717) is 6.54 Å². The lowest BCUT2D eigenvalue weighted by atomic mass is 10.5. The van der Waals surface area contributed by atoms with Gasteiger partial charge in [-0.2, -0.15) is 0 Å². The van der Waals surface area contributed by atoms with Crippen molar-refractivity contribution in [3.63, 3.8) is 0 Å². The van der Waals surface area contributed by atoms with Crippen molar-refractivity contribution in [3.8, 4) is 0 Å². The summed E-state index contributed by atoms with van der Waals surface area (Å²) in [6.07, 6.45) is 1.50. The number of rotatable bonds is 3. The molecule has 0 aliphatic heterocycles. The molecule has 5 nitrogen and oxygen atoms in total. The highest BCUT2D eigenvalue weighted by Crippen LogP contribution is 1.79. The Kier molecular flexibility index (Phi) is 3.02. The van der Waals surface area contributed by atoms with Crippen molar-refractivity contribution >= 4 is 0 Å². The van der Waals surface area contributed by atoms with Crippen molar-refractivity contribution in [2.45, 2.75) is 6.54 Å². The van der Waals surface area contributed by atoms with Crippen molar-refractivity contribution in [3.05, 3.63) is 33.1 Å². The second-order valence-electron chi connectivity index (χ2n) is 3.11. The first-order chi connectivity index (χ1) is 6.09. The van der Waals surface area contributed by atoms with Gasteiger partial charge in [-0.3, -0.25) is 14.3 Å². The molecule has 0 amide bonds. The molecule has 0 aromatic carbocycles. The molecule has 1 aromatic heterocycles. The summed E-state index contributed by atoms with van der Waals surface area (Å²) in [5.74, 6) is 0. The smallest absolute Gasteiger partial charge is 0.308 e. The van der Waals surface area contributed by atoms with Crippen LogP contribution < -0.4 is 11.2 Å². The van der Waals surface area contributed by atoms with Gasteiger partial charge in [0.25, 0.3) is 5.56 Å². The summed E-state index contributed by atoms with van der Waals surface area (Å²) in [6.45, 7) is 1.36. The minimum atomic E-state index is -0.355. The van der Waals surface area contributed by atoms with Gasteiger partial charge in [-0.1, -0.05) is 0 Å². The summed E-state index contributed by atoms with van der Waals surface area (Å²) >= 11 is 0. The lowest BCUT2D eigenvalue weighted by Crippen LogP contribution is -2.31. The van der Waals surface area contributed by atoms with Crippen LogP contribution in [0.3, 0.4) is 0 Å². The number of hydrogen-bond donors (Lipinski definition) is 1. The van der Waals surface area contributed by atoms with Crippen LogP contribution >= 0.6 is 0 Å². The van der Waals surface area contributed by atoms with Crippen LogP contribution in [-0.4, -0.2) is 35.1 Å². The zero-order chi connectivity index (χ0) is 9.84. The quantitative estimate of drug-likeness (QED) is 0.660. The molecule has 0 radical (unpaired) electrons. The van der Waals surface area contributed by atoms with Crippen molar-refractivity contribution in [2.24, 2.45) is 0 Å². The Labute approximate surface area is 75.6 Å². The van der Waals surface area contributed by atoms with E-state index in [-0.39, 0.29) is 11.2 Å².